The number of rotatable bonds is 6. The van der Waals surface area contributed by atoms with Crippen LogP contribution in [-0.2, 0) is 11.3 Å². The normalized spacial score (nSPS) is 17.2. The van der Waals surface area contributed by atoms with Gasteiger partial charge < -0.3 is 9.52 Å². The Kier molecular flexibility index (Phi) is 4.73. The van der Waals surface area contributed by atoms with Crippen LogP contribution in [0.1, 0.15) is 31.4 Å². The summed E-state index contributed by atoms with van der Waals surface area (Å²) in [6.07, 6.45) is 2.90. The van der Waals surface area contributed by atoms with Gasteiger partial charge in [0.05, 0.1) is 12.6 Å². The molecule has 0 spiro atoms. The summed E-state index contributed by atoms with van der Waals surface area (Å²) >= 11 is 0. The van der Waals surface area contributed by atoms with Crippen LogP contribution in [0.25, 0.3) is 0 Å². The van der Waals surface area contributed by atoms with Crippen molar-refractivity contribution in [1.82, 2.24) is 4.90 Å². The van der Waals surface area contributed by atoms with Gasteiger partial charge in [-0.1, -0.05) is 0 Å². The zero-order chi connectivity index (χ0) is 14.5. The molecule has 0 saturated carbocycles. The lowest BCUT2D eigenvalue weighted by molar-refractivity contribution is -0.402. The second-order valence-electron chi connectivity index (χ2n) is 5.15. The Balaban J connectivity index is 1.76. The lowest BCUT2D eigenvalue weighted by Crippen LogP contribution is -2.33. The van der Waals surface area contributed by atoms with E-state index in [4.69, 9.17) is 9.52 Å². The predicted molar refractivity (Wildman–Crippen MR) is 70.2 cm³/mol. The molecule has 1 aromatic rings. The highest BCUT2D eigenvalue weighted by Gasteiger charge is 2.21. The van der Waals surface area contributed by atoms with Gasteiger partial charge in [-0.2, -0.15) is 0 Å². The molecule has 0 amide bonds. The van der Waals surface area contributed by atoms with Crippen molar-refractivity contribution in [2.75, 3.05) is 13.1 Å². The fraction of sp³-hybridized carbons (Fsp3) is 0.615. The highest BCUT2D eigenvalue weighted by molar-refractivity contribution is 5.66. The Morgan fingerprint density at radius 1 is 1.45 bits per heavy atom. The van der Waals surface area contributed by atoms with E-state index in [1.165, 1.54) is 6.07 Å². The minimum atomic E-state index is -0.740. The van der Waals surface area contributed by atoms with Crippen LogP contribution >= 0.6 is 0 Å². The van der Waals surface area contributed by atoms with Crippen molar-refractivity contribution in [1.29, 1.82) is 0 Å². The maximum Gasteiger partial charge on any atom is 0.433 e. The summed E-state index contributed by atoms with van der Waals surface area (Å²) in [5.41, 5.74) is 0. The number of carbonyl (C=O) groups is 1. The van der Waals surface area contributed by atoms with Crippen LogP contribution < -0.4 is 0 Å². The van der Waals surface area contributed by atoms with E-state index in [9.17, 15) is 14.9 Å². The fourth-order valence-corrected chi connectivity index (χ4v) is 2.53. The number of nitro groups is 1. The highest BCUT2D eigenvalue weighted by atomic mass is 16.6. The van der Waals surface area contributed by atoms with E-state index in [1.54, 1.807) is 6.07 Å². The van der Waals surface area contributed by atoms with Gasteiger partial charge in [0.25, 0.3) is 0 Å². The first-order valence-corrected chi connectivity index (χ1v) is 6.72. The van der Waals surface area contributed by atoms with Crippen molar-refractivity contribution >= 4 is 11.9 Å². The molecule has 110 valence electrons. The van der Waals surface area contributed by atoms with Crippen molar-refractivity contribution in [3.8, 4) is 0 Å². The average molecular weight is 282 g/mol. The van der Waals surface area contributed by atoms with Crippen LogP contribution in [-0.4, -0.2) is 34.0 Å². The van der Waals surface area contributed by atoms with Gasteiger partial charge in [-0.15, -0.1) is 0 Å². The molecule has 0 aliphatic carbocycles. The van der Waals surface area contributed by atoms with E-state index in [0.29, 0.717) is 18.2 Å². The van der Waals surface area contributed by atoms with Gasteiger partial charge in [-0.25, -0.2) is 0 Å². The summed E-state index contributed by atoms with van der Waals surface area (Å²) < 4.78 is 5.14. The summed E-state index contributed by atoms with van der Waals surface area (Å²) in [5, 5.41) is 19.2. The zero-order valence-electron chi connectivity index (χ0n) is 11.2. The first-order valence-electron chi connectivity index (χ1n) is 6.72. The lowest BCUT2D eigenvalue weighted by atomic mass is 9.92. The molecule has 1 fully saturated rings. The second kappa shape index (κ2) is 6.51. The smallest absolute Gasteiger partial charge is 0.433 e. The standard InChI is InChI=1S/C13H18N2O5/c16-13(17)4-1-10-5-7-14(8-6-10)9-11-2-3-12(20-11)15(18)19/h2-3,10H,1,4-9H2,(H,16,17). The summed E-state index contributed by atoms with van der Waals surface area (Å²) in [6, 6.07) is 3.00. The predicted octanol–water partition coefficient (Wildman–Crippen LogP) is 2.26. The molecule has 0 unspecified atom stereocenters. The minimum Gasteiger partial charge on any atom is -0.481 e. The third kappa shape index (κ3) is 4.06. The third-order valence-corrected chi connectivity index (χ3v) is 3.68. The zero-order valence-corrected chi connectivity index (χ0v) is 11.2. The number of hydrogen-bond donors (Lipinski definition) is 1. The van der Waals surface area contributed by atoms with Crippen molar-refractivity contribution < 1.29 is 19.2 Å². The van der Waals surface area contributed by atoms with E-state index < -0.39 is 10.9 Å². The number of furan rings is 1. The molecule has 1 saturated heterocycles. The maximum atomic E-state index is 10.5. The Labute approximate surface area is 116 Å². The number of piperidine rings is 1. The van der Waals surface area contributed by atoms with Crippen LogP contribution in [0, 0.1) is 16.0 Å². The minimum absolute atomic E-state index is 0.226. The molecule has 0 radical (unpaired) electrons. The number of aliphatic carboxylic acids is 1. The van der Waals surface area contributed by atoms with Crippen LogP contribution in [0.3, 0.4) is 0 Å². The molecule has 2 rings (SSSR count). The largest absolute Gasteiger partial charge is 0.481 e. The van der Waals surface area contributed by atoms with Crippen molar-refractivity contribution in [2.45, 2.75) is 32.2 Å². The molecule has 0 atom stereocenters. The Morgan fingerprint density at radius 2 is 2.15 bits per heavy atom. The van der Waals surface area contributed by atoms with Gasteiger partial charge in [0.1, 0.15) is 10.7 Å². The van der Waals surface area contributed by atoms with Crippen LogP contribution in [0.15, 0.2) is 16.5 Å². The summed E-state index contributed by atoms with van der Waals surface area (Å²) in [4.78, 5) is 22.7. The topological polar surface area (TPSA) is 96.8 Å². The van der Waals surface area contributed by atoms with Gasteiger partial charge in [-0.3, -0.25) is 19.8 Å². The Bertz CT molecular complexity index is 477. The summed E-state index contributed by atoms with van der Waals surface area (Å²) in [6.45, 7) is 2.32. The summed E-state index contributed by atoms with van der Waals surface area (Å²) in [5.74, 6) is 0.0978. The molecule has 2 heterocycles. The van der Waals surface area contributed by atoms with Crippen molar-refractivity contribution in [3.05, 3.63) is 28.0 Å². The molecule has 1 N–H and O–H groups in total. The van der Waals surface area contributed by atoms with Crippen LogP contribution in [0.5, 0.6) is 0 Å². The van der Waals surface area contributed by atoms with Gasteiger partial charge in [-0.05, 0) is 44.3 Å². The number of carboxylic acids is 1. The van der Waals surface area contributed by atoms with Crippen LogP contribution in [0.2, 0.25) is 0 Å². The van der Waals surface area contributed by atoms with Crippen molar-refractivity contribution in [3.63, 3.8) is 0 Å². The Hall–Kier alpha value is -1.89. The lowest BCUT2D eigenvalue weighted by Gasteiger charge is -2.31. The SMILES string of the molecule is O=C(O)CCC1CCN(Cc2ccc([N+](=O)[O-])o2)CC1. The molecule has 7 nitrogen and oxygen atoms in total. The molecule has 1 aromatic heterocycles. The first-order chi connectivity index (χ1) is 9.54. The van der Waals surface area contributed by atoms with E-state index >= 15 is 0 Å². The van der Waals surface area contributed by atoms with Crippen molar-refractivity contribution in [2.24, 2.45) is 5.92 Å². The average Bonchev–Trinajstić information content (AvgIpc) is 2.86. The molecule has 1 aliphatic heterocycles. The molecule has 20 heavy (non-hydrogen) atoms. The Morgan fingerprint density at radius 3 is 2.70 bits per heavy atom. The van der Waals surface area contributed by atoms with E-state index in [2.05, 4.69) is 4.90 Å². The summed E-state index contributed by atoms with van der Waals surface area (Å²) in [7, 11) is 0. The molecular formula is C13H18N2O5. The molecule has 7 heteroatoms. The fourth-order valence-electron chi connectivity index (χ4n) is 2.53. The number of nitrogens with zero attached hydrogens (tertiary/aromatic N) is 2. The molecule has 0 aromatic carbocycles. The number of likely N-dealkylation sites (tertiary alicyclic amines) is 1. The van der Waals surface area contributed by atoms with Crippen LogP contribution in [0.4, 0.5) is 5.88 Å². The second-order valence-corrected chi connectivity index (χ2v) is 5.15. The van der Waals surface area contributed by atoms with E-state index in [0.717, 1.165) is 32.4 Å². The molecule has 1 aliphatic rings. The molecule has 0 bridgehead atoms. The number of carboxylic acid groups (broad SMARTS) is 1. The third-order valence-electron chi connectivity index (χ3n) is 3.68. The van der Waals surface area contributed by atoms with E-state index in [-0.39, 0.29) is 12.3 Å². The van der Waals surface area contributed by atoms with Gasteiger partial charge in [0, 0.05) is 6.42 Å². The first kappa shape index (κ1) is 14.5. The highest BCUT2D eigenvalue weighted by Crippen LogP contribution is 2.24. The van der Waals surface area contributed by atoms with Gasteiger partial charge in [0.2, 0.25) is 0 Å². The number of hydrogen-bond acceptors (Lipinski definition) is 5. The maximum absolute atomic E-state index is 10.5. The quantitative estimate of drug-likeness (QED) is 0.635. The van der Waals surface area contributed by atoms with E-state index in [1.807, 2.05) is 0 Å². The van der Waals surface area contributed by atoms with Gasteiger partial charge in [0.15, 0.2) is 0 Å². The van der Waals surface area contributed by atoms with Gasteiger partial charge >= 0.3 is 11.9 Å². The monoisotopic (exact) mass is 282 g/mol. The molecular weight excluding hydrogens is 264 g/mol.